The first-order valence-corrected chi connectivity index (χ1v) is 2.68. The third kappa shape index (κ3) is 5.92. The second-order valence-electron chi connectivity index (χ2n) is 1.80. The summed E-state index contributed by atoms with van der Waals surface area (Å²) < 4.78 is 0. The minimum atomic E-state index is 1.08. The van der Waals surface area contributed by atoms with Crippen LogP contribution in [0.25, 0.3) is 0 Å². The van der Waals surface area contributed by atoms with Crippen molar-refractivity contribution in [1.82, 2.24) is 10.4 Å². The highest BCUT2D eigenvalue weighted by Crippen LogP contribution is 1.66. The van der Waals surface area contributed by atoms with Gasteiger partial charge in [0.2, 0.25) is 0 Å². The van der Waals surface area contributed by atoms with Gasteiger partial charge in [0, 0.05) is 6.54 Å². The molecule has 0 saturated heterocycles. The average molecular weight is 102 g/mol. The minimum absolute atomic E-state index is 1.08. The summed E-state index contributed by atoms with van der Waals surface area (Å²) in [5, 5.41) is 1.96. The number of rotatable bonds is 3. The summed E-state index contributed by atoms with van der Waals surface area (Å²) in [6.07, 6.45) is 1.19. The lowest BCUT2D eigenvalue weighted by molar-refractivity contribution is 0.421. The van der Waals surface area contributed by atoms with E-state index in [2.05, 4.69) is 12.3 Å². The predicted molar refractivity (Wildman–Crippen MR) is 32.3 cm³/mol. The molecule has 0 aromatic carbocycles. The van der Waals surface area contributed by atoms with Crippen LogP contribution in [0.5, 0.6) is 0 Å². The van der Waals surface area contributed by atoms with Crippen LogP contribution in [0.4, 0.5) is 0 Å². The maximum Gasteiger partial charge on any atom is 0.134 e. The molecule has 7 heavy (non-hydrogen) atoms. The Morgan fingerprint density at radius 2 is 2.00 bits per heavy atom. The van der Waals surface area contributed by atoms with Gasteiger partial charge in [-0.3, -0.25) is 0 Å². The first-order chi connectivity index (χ1) is 3.27. The monoisotopic (exact) mass is 102 g/mol. The van der Waals surface area contributed by atoms with Crippen LogP contribution >= 0.6 is 0 Å². The largest absolute Gasteiger partial charge is 0.134 e. The van der Waals surface area contributed by atoms with E-state index in [9.17, 15) is 0 Å². The van der Waals surface area contributed by atoms with Crippen LogP contribution in [0.3, 0.4) is 0 Å². The van der Waals surface area contributed by atoms with Crippen molar-refractivity contribution < 1.29 is 0 Å². The Hall–Kier alpha value is -0.0800. The van der Waals surface area contributed by atoms with Crippen molar-refractivity contribution >= 4 is 0 Å². The molecule has 0 aromatic rings. The highest BCUT2D eigenvalue weighted by Gasteiger charge is 1.91. The van der Waals surface area contributed by atoms with Crippen molar-refractivity contribution in [1.29, 1.82) is 0 Å². The normalized spacial score (nSPS) is 10.3. The lowest BCUT2D eigenvalue weighted by Crippen LogP contribution is -2.36. The summed E-state index contributed by atoms with van der Waals surface area (Å²) in [7, 11) is 3.99. The second kappa shape index (κ2) is 4.09. The predicted octanol–water partition coefficient (Wildman–Crippen LogP) is 0.301. The van der Waals surface area contributed by atoms with Gasteiger partial charge in [-0.05, 0) is 6.42 Å². The summed E-state index contributed by atoms with van der Waals surface area (Å²) in [5.41, 5.74) is 3.13. The topological polar surface area (TPSA) is 17.9 Å². The lowest BCUT2D eigenvalue weighted by Gasteiger charge is -1.97. The van der Waals surface area contributed by atoms with Gasteiger partial charge in [-0.15, -0.1) is 5.43 Å². The Morgan fingerprint density at radius 3 is 2.14 bits per heavy atom. The molecule has 0 aliphatic carbocycles. The summed E-state index contributed by atoms with van der Waals surface area (Å²) in [5.74, 6) is 0. The molecule has 1 N–H and O–H groups in total. The summed E-state index contributed by atoms with van der Waals surface area (Å²) >= 11 is 0. The van der Waals surface area contributed by atoms with Crippen LogP contribution in [-0.2, 0) is 0 Å². The van der Waals surface area contributed by atoms with Gasteiger partial charge in [-0.1, -0.05) is 11.9 Å². The van der Waals surface area contributed by atoms with E-state index in [0.29, 0.717) is 0 Å². The standard InChI is InChI=1S/C5H14N2/c1-4-5-6-7(2)3/h6H,4-5H2,1-3H3/q+1. The Bertz CT molecular complexity index is 35.1. The maximum atomic E-state index is 3.13. The second-order valence-corrected chi connectivity index (χ2v) is 1.80. The summed E-state index contributed by atoms with van der Waals surface area (Å²) in [6, 6.07) is 0. The van der Waals surface area contributed by atoms with Gasteiger partial charge in [0.25, 0.3) is 0 Å². The molecule has 0 atom stereocenters. The Kier molecular flexibility index (Phi) is 4.04. The number of hydrogen-bond donors (Lipinski definition) is 1. The number of nitrogens with zero attached hydrogens (tertiary/aromatic N) is 1. The van der Waals surface area contributed by atoms with E-state index in [1.165, 1.54) is 6.42 Å². The Balaban J connectivity index is 2.68. The van der Waals surface area contributed by atoms with E-state index in [0.717, 1.165) is 6.54 Å². The SMILES string of the molecule is CCCN[N+](C)C. The van der Waals surface area contributed by atoms with Crippen LogP contribution < -0.4 is 10.4 Å². The third-order valence-electron chi connectivity index (χ3n) is 0.678. The van der Waals surface area contributed by atoms with Crippen molar-refractivity contribution in [3.63, 3.8) is 0 Å². The zero-order valence-electron chi connectivity index (χ0n) is 5.36. The molecule has 0 unspecified atom stereocenters. The number of hydrazine groups is 1. The van der Waals surface area contributed by atoms with Crippen LogP contribution in [0.15, 0.2) is 0 Å². The van der Waals surface area contributed by atoms with Gasteiger partial charge in [0.1, 0.15) is 14.1 Å². The van der Waals surface area contributed by atoms with Crippen molar-refractivity contribution in [2.75, 3.05) is 20.6 Å². The smallest absolute Gasteiger partial charge is 0.119 e. The molecule has 0 aromatic heterocycles. The molecule has 0 saturated carbocycles. The molecule has 0 rings (SSSR count). The molecule has 0 aliphatic rings. The Morgan fingerprint density at radius 1 is 1.43 bits per heavy atom. The zero-order valence-corrected chi connectivity index (χ0v) is 5.36. The van der Waals surface area contributed by atoms with Crippen LogP contribution in [-0.4, -0.2) is 20.6 Å². The van der Waals surface area contributed by atoms with E-state index in [4.69, 9.17) is 0 Å². The molecule has 0 fully saturated rings. The van der Waals surface area contributed by atoms with Gasteiger partial charge in [-0.25, -0.2) is 0 Å². The van der Waals surface area contributed by atoms with Crippen molar-refractivity contribution in [2.45, 2.75) is 13.3 Å². The molecule has 0 aliphatic heterocycles. The Labute approximate surface area is 45.5 Å². The third-order valence-corrected chi connectivity index (χ3v) is 0.678. The molecule has 0 heterocycles. The molecular weight excluding hydrogens is 88.1 g/mol. The molecule has 2 nitrogen and oxygen atoms in total. The van der Waals surface area contributed by atoms with E-state index in [1.807, 2.05) is 19.1 Å². The van der Waals surface area contributed by atoms with Gasteiger partial charge < -0.3 is 0 Å². The van der Waals surface area contributed by atoms with Crippen molar-refractivity contribution in [3.8, 4) is 0 Å². The fourth-order valence-electron chi connectivity index (χ4n) is 0.335. The van der Waals surface area contributed by atoms with Gasteiger partial charge in [-0.2, -0.15) is 0 Å². The summed E-state index contributed by atoms with van der Waals surface area (Å²) in [4.78, 5) is 0. The van der Waals surface area contributed by atoms with E-state index in [1.54, 1.807) is 0 Å². The van der Waals surface area contributed by atoms with Gasteiger partial charge in [0.05, 0.1) is 0 Å². The fraction of sp³-hybridized carbons (Fsp3) is 1.00. The van der Waals surface area contributed by atoms with E-state index in [-0.39, 0.29) is 0 Å². The molecule has 0 bridgehead atoms. The van der Waals surface area contributed by atoms with E-state index >= 15 is 0 Å². The van der Waals surface area contributed by atoms with Gasteiger partial charge in [0.15, 0.2) is 0 Å². The quantitative estimate of drug-likeness (QED) is 0.401. The first-order valence-electron chi connectivity index (χ1n) is 2.68. The first kappa shape index (κ1) is 6.92. The zero-order chi connectivity index (χ0) is 5.70. The molecule has 0 amide bonds. The van der Waals surface area contributed by atoms with Crippen LogP contribution in [0.1, 0.15) is 13.3 Å². The highest BCUT2D eigenvalue weighted by molar-refractivity contribution is 4.37. The molecule has 2 heteroatoms. The van der Waals surface area contributed by atoms with Crippen molar-refractivity contribution in [3.05, 3.63) is 0 Å². The maximum absolute atomic E-state index is 3.13. The van der Waals surface area contributed by atoms with E-state index < -0.39 is 0 Å². The number of nitrogens with one attached hydrogen (secondary N) is 1. The summed E-state index contributed by atoms with van der Waals surface area (Å²) in [6.45, 7) is 3.23. The fourth-order valence-corrected chi connectivity index (χ4v) is 0.335. The lowest BCUT2D eigenvalue weighted by atomic mass is 10.5. The number of hydrogen-bond acceptors (Lipinski definition) is 2. The highest BCUT2D eigenvalue weighted by atomic mass is 15.5. The molecule has 43 valence electrons. The van der Waals surface area contributed by atoms with Crippen LogP contribution in [0, 0.1) is 0 Å². The average Bonchev–Trinajstić information content (AvgIpc) is 1.61. The molecule has 1 radical (unpaired) electrons. The molecule has 0 spiro atoms. The molecular formula is C5H14N2+. The van der Waals surface area contributed by atoms with Crippen molar-refractivity contribution in [2.24, 2.45) is 0 Å². The minimum Gasteiger partial charge on any atom is -0.119 e. The van der Waals surface area contributed by atoms with Gasteiger partial charge >= 0.3 is 0 Å². The van der Waals surface area contributed by atoms with Crippen LogP contribution in [0.2, 0.25) is 0 Å².